The van der Waals surface area contributed by atoms with Gasteiger partial charge in [-0.15, -0.1) is 0 Å². The Bertz CT molecular complexity index is 465. The summed E-state index contributed by atoms with van der Waals surface area (Å²) in [6.45, 7) is 0. The molecule has 3 rings (SSSR count). The maximum atomic E-state index is 6.32. The van der Waals surface area contributed by atoms with Gasteiger partial charge >= 0.3 is 0 Å². The summed E-state index contributed by atoms with van der Waals surface area (Å²) < 4.78 is 0. The lowest BCUT2D eigenvalue weighted by molar-refractivity contribution is 0.428. The van der Waals surface area contributed by atoms with Gasteiger partial charge in [0.05, 0.1) is 6.20 Å². The molecule has 1 fully saturated rings. The molecule has 2 aromatic rings. The topological polar surface area (TPSA) is 80.5 Å². The van der Waals surface area contributed by atoms with Crippen molar-refractivity contribution in [3.8, 4) is 0 Å². The summed E-state index contributed by atoms with van der Waals surface area (Å²) in [5, 5.41) is 0. The van der Waals surface area contributed by atoms with Gasteiger partial charge in [0.25, 0.3) is 0 Å². The molecule has 5 heteroatoms. The zero-order chi connectivity index (χ0) is 11.0. The lowest BCUT2D eigenvalue weighted by Crippen LogP contribution is -2.39. The number of nitrogens with zero attached hydrogens (tertiary/aromatic N) is 3. The van der Waals surface area contributed by atoms with E-state index in [1.807, 2.05) is 0 Å². The van der Waals surface area contributed by atoms with E-state index in [0.717, 1.165) is 36.3 Å². The minimum absolute atomic E-state index is 0.0682. The molecular formula is C11H15N5. The maximum Gasteiger partial charge on any atom is 0.180 e. The van der Waals surface area contributed by atoms with Gasteiger partial charge in [-0.2, -0.15) is 0 Å². The van der Waals surface area contributed by atoms with E-state index < -0.39 is 0 Å². The average Bonchev–Trinajstić information content (AvgIpc) is 2.84. The summed E-state index contributed by atoms with van der Waals surface area (Å²) in [5.41, 5.74) is 7.87. The number of fused-ring (bicyclic) bond motifs is 1. The molecule has 0 aliphatic heterocycles. The molecule has 3 N–H and O–H groups in total. The van der Waals surface area contributed by atoms with E-state index in [9.17, 15) is 0 Å². The van der Waals surface area contributed by atoms with Gasteiger partial charge in [-0.25, -0.2) is 15.0 Å². The van der Waals surface area contributed by atoms with E-state index >= 15 is 0 Å². The monoisotopic (exact) mass is 217 g/mol. The van der Waals surface area contributed by atoms with Crippen LogP contribution in [0.25, 0.3) is 11.2 Å². The normalized spacial score (nSPS) is 19.3. The highest BCUT2D eigenvalue weighted by molar-refractivity contribution is 5.68. The minimum Gasteiger partial charge on any atom is -0.339 e. The molecule has 0 bridgehead atoms. The number of H-pyrrole nitrogens is 1. The van der Waals surface area contributed by atoms with Gasteiger partial charge in [0.1, 0.15) is 17.7 Å². The van der Waals surface area contributed by atoms with Crippen LogP contribution >= 0.6 is 0 Å². The number of hydrogen-bond donors (Lipinski definition) is 2. The summed E-state index contributed by atoms with van der Waals surface area (Å²) in [5.74, 6) is 0.930. The Kier molecular flexibility index (Phi) is 2.14. The molecule has 0 aromatic carbocycles. The fourth-order valence-corrected chi connectivity index (χ4v) is 2.48. The summed E-state index contributed by atoms with van der Waals surface area (Å²) in [7, 11) is 0. The molecule has 2 heterocycles. The van der Waals surface area contributed by atoms with Crippen LogP contribution in [-0.2, 0) is 6.42 Å². The van der Waals surface area contributed by atoms with Crippen molar-refractivity contribution in [1.82, 2.24) is 19.9 Å². The molecule has 0 unspecified atom stereocenters. The highest BCUT2D eigenvalue weighted by Gasteiger charge is 2.30. The van der Waals surface area contributed by atoms with Crippen LogP contribution in [0.1, 0.15) is 31.5 Å². The first-order chi connectivity index (χ1) is 7.75. The van der Waals surface area contributed by atoms with Crippen LogP contribution in [0.15, 0.2) is 12.5 Å². The van der Waals surface area contributed by atoms with Gasteiger partial charge in [0.2, 0.25) is 0 Å². The van der Waals surface area contributed by atoms with Crippen LogP contribution in [0, 0.1) is 0 Å². The fraction of sp³-hybridized carbons (Fsp3) is 0.545. The molecule has 1 aliphatic rings. The number of aromatic nitrogens is 4. The Morgan fingerprint density at radius 1 is 1.38 bits per heavy atom. The third kappa shape index (κ3) is 1.67. The van der Waals surface area contributed by atoms with Crippen LogP contribution in [0.3, 0.4) is 0 Å². The molecular weight excluding hydrogens is 202 g/mol. The number of nitrogens with two attached hydrogens (primary N) is 1. The summed E-state index contributed by atoms with van der Waals surface area (Å²) in [6.07, 6.45) is 8.72. The number of nitrogens with one attached hydrogen (secondary N) is 1. The first-order valence-corrected chi connectivity index (χ1v) is 5.69. The van der Waals surface area contributed by atoms with Crippen molar-refractivity contribution in [2.24, 2.45) is 5.73 Å². The predicted molar refractivity (Wildman–Crippen MR) is 60.8 cm³/mol. The quantitative estimate of drug-likeness (QED) is 0.791. The molecule has 5 nitrogen and oxygen atoms in total. The second-order valence-corrected chi connectivity index (χ2v) is 4.69. The molecule has 1 saturated carbocycles. The Balaban J connectivity index is 1.89. The van der Waals surface area contributed by atoms with Crippen molar-refractivity contribution in [2.45, 2.75) is 37.6 Å². The largest absolute Gasteiger partial charge is 0.339 e. The molecule has 0 atom stereocenters. The molecule has 0 radical (unpaired) electrons. The number of hydrogen-bond acceptors (Lipinski definition) is 4. The van der Waals surface area contributed by atoms with Crippen molar-refractivity contribution in [2.75, 3.05) is 0 Å². The number of rotatable bonds is 2. The zero-order valence-corrected chi connectivity index (χ0v) is 9.11. The first kappa shape index (κ1) is 9.72. The smallest absolute Gasteiger partial charge is 0.180 e. The SMILES string of the molecule is NC1(Cc2nc3ncncc3[nH]2)CCCC1. The average molecular weight is 217 g/mol. The van der Waals surface area contributed by atoms with Crippen molar-refractivity contribution in [1.29, 1.82) is 0 Å². The van der Waals surface area contributed by atoms with Crippen LogP contribution in [0.2, 0.25) is 0 Å². The van der Waals surface area contributed by atoms with E-state index in [0.29, 0.717) is 0 Å². The third-order valence-electron chi connectivity index (χ3n) is 3.33. The second-order valence-electron chi connectivity index (χ2n) is 4.69. The lowest BCUT2D eigenvalue weighted by atomic mass is 9.94. The van der Waals surface area contributed by atoms with E-state index in [-0.39, 0.29) is 5.54 Å². The Morgan fingerprint density at radius 3 is 2.94 bits per heavy atom. The Hall–Kier alpha value is -1.49. The molecule has 0 spiro atoms. The van der Waals surface area contributed by atoms with Gasteiger partial charge in [0.15, 0.2) is 5.65 Å². The molecule has 0 saturated heterocycles. The molecule has 2 aromatic heterocycles. The number of imidazole rings is 1. The summed E-state index contributed by atoms with van der Waals surface area (Å²) in [6, 6.07) is 0. The van der Waals surface area contributed by atoms with Crippen LogP contribution in [-0.4, -0.2) is 25.5 Å². The van der Waals surface area contributed by atoms with Gasteiger partial charge in [-0.1, -0.05) is 12.8 Å². The highest BCUT2D eigenvalue weighted by Crippen LogP contribution is 2.29. The molecule has 0 amide bonds. The zero-order valence-electron chi connectivity index (χ0n) is 9.11. The van der Waals surface area contributed by atoms with Gasteiger partial charge in [-0.3, -0.25) is 0 Å². The van der Waals surface area contributed by atoms with E-state index in [4.69, 9.17) is 5.73 Å². The molecule has 16 heavy (non-hydrogen) atoms. The molecule has 84 valence electrons. The maximum absolute atomic E-state index is 6.32. The summed E-state index contributed by atoms with van der Waals surface area (Å²) in [4.78, 5) is 15.7. The standard InChI is InChI=1S/C11H15N5/c12-11(3-1-2-4-11)5-9-15-8-6-13-7-14-10(8)16-9/h6-7H,1-5,12H2,(H,13,14,15,16). The second kappa shape index (κ2) is 3.52. The van der Waals surface area contributed by atoms with E-state index in [1.165, 1.54) is 19.2 Å². The first-order valence-electron chi connectivity index (χ1n) is 5.69. The van der Waals surface area contributed by atoms with Crippen LogP contribution in [0.5, 0.6) is 0 Å². The van der Waals surface area contributed by atoms with Crippen molar-refractivity contribution in [3.05, 3.63) is 18.3 Å². The van der Waals surface area contributed by atoms with Gasteiger partial charge in [0, 0.05) is 12.0 Å². The third-order valence-corrected chi connectivity index (χ3v) is 3.33. The van der Waals surface area contributed by atoms with Gasteiger partial charge < -0.3 is 10.7 Å². The summed E-state index contributed by atoms with van der Waals surface area (Å²) >= 11 is 0. The fourth-order valence-electron chi connectivity index (χ4n) is 2.48. The molecule has 1 aliphatic carbocycles. The number of aromatic amines is 1. The highest BCUT2D eigenvalue weighted by atomic mass is 15.0. The van der Waals surface area contributed by atoms with Crippen molar-refractivity contribution >= 4 is 11.2 Å². The van der Waals surface area contributed by atoms with Gasteiger partial charge in [-0.05, 0) is 12.8 Å². The van der Waals surface area contributed by atoms with Crippen LogP contribution in [0.4, 0.5) is 0 Å². The Labute approximate surface area is 93.5 Å². The van der Waals surface area contributed by atoms with E-state index in [1.54, 1.807) is 6.20 Å². The van der Waals surface area contributed by atoms with Crippen molar-refractivity contribution in [3.63, 3.8) is 0 Å². The van der Waals surface area contributed by atoms with Crippen LogP contribution < -0.4 is 5.73 Å². The van der Waals surface area contributed by atoms with Crippen molar-refractivity contribution < 1.29 is 0 Å². The predicted octanol–water partition coefficient (Wildman–Crippen LogP) is 1.17. The Morgan fingerprint density at radius 2 is 2.19 bits per heavy atom. The van der Waals surface area contributed by atoms with E-state index in [2.05, 4.69) is 19.9 Å². The minimum atomic E-state index is -0.0682. The lowest BCUT2D eigenvalue weighted by Gasteiger charge is -2.21.